The molecule has 180 valence electrons. The maximum atomic E-state index is 14.3. The smallest absolute Gasteiger partial charge is 0.272 e. The predicted molar refractivity (Wildman–Crippen MR) is 143 cm³/mol. The third-order valence-electron chi connectivity index (χ3n) is 4.99. The van der Waals surface area contributed by atoms with Gasteiger partial charge in [0.15, 0.2) is 5.78 Å². The van der Waals surface area contributed by atoms with Crippen LogP contribution in [0.25, 0.3) is 6.08 Å². The number of rotatable bonds is 9. The quantitative estimate of drug-likeness (QED) is 0.156. The second-order valence-corrected chi connectivity index (χ2v) is 9.57. The molecule has 0 aliphatic rings. The van der Waals surface area contributed by atoms with Crippen molar-refractivity contribution in [3.8, 4) is 0 Å². The molecule has 2 N–H and O–H groups in total. The normalized spacial score (nSPS) is 11.1. The molecule has 0 radical (unpaired) electrons. The van der Waals surface area contributed by atoms with E-state index in [0.717, 1.165) is 4.90 Å². The largest absolute Gasteiger partial charge is 0.321 e. The third kappa shape index (κ3) is 6.78. The highest BCUT2D eigenvalue weighted by molar-refractivity contribution is 8.00. The molecule has 1 aromatic heterocycles. The molecule has 3 aromatic carbocycles. The van der Waals surface area contributed by atoms with Crippen molar-refractivity contribution >= 4 is 52.5 Å². The number of carbonyl (C=O) groups is 3. The van der Waals surface area contributed by atoms with Crippen LogP contribution in [0.3, 0.4) is 0 Å². The molecule has 36 heavy (non-hydrogen) atoms. The van der Waals surface area contributed by atoms with Crippen molar-refractivity contribution in [1.29, 1.82) is 0 Å². The topological polar surface area (TPSA) is 75.3 Å². The minimum Gasteiger partial charge on any atom is -0.321 e. The summed E-state index contributed by atoms with van der Waals surface area (Å²) in [7, 11) is 0. The summed E-state index contributed by atoms with van der Waals surface area (Å²) in [5, 5.41) is 7.21. The molecule has 0 fully saturated rings. The number of halogens is 1. The van der Waals surface area contributed by atoms with Crippen LogP contribution in [0.5, 0.6) is 0 Å². The number of ketones is 1. The molecule has 0 aliphatic heterocycles. The van der Waals surface area contributed by atoms with E-state index >= 15 is 0 Å². The Morgan fingerprint density at radius 1 is 0.889 bits per heavy atom. The molecule has 0 saturated heterocycles. The summed E-state index contributed by atoms with van der Waals surface area (Å²) in [6.45, 7) is 0. The zero-order chi connectivity index (χ0) is 25.3. The van der Waals surface area contributed by atoms with Crippen LogP contribution >= 0.6 is 23.1 Å². The Labute approximate surface area is 216 Å². The van der Waals surface area contributed by atoms with Gasteiger partial charge in [-0.05, 0) is 53.9 Å². The molecule has 0 atom stereocenters. The maximum absolute atomic E-state index is 14.3. The molecule has 1 heterocycles. The summed E-state index contributed by atoms with van der Waals surface area (Å²) >= 11 is 2.76. The Bertz CT molecular complexity index is 1400. The van der Waals surface area contributed by atoms with Crippen LogP contribution in [0.2, 0.25) is 0 Å². The van der Waals surface area contributed by atoms with Gasteiger partial charge in [0.05, 0.1) is 10.6 Å². The number of nitrogens with one attached hydrogen (secondary N) is 2. The number of thiophene rings is 1. The van der Waals surface area contributed by atoms with Crippen LogP contribution < -0.4 is 10.6 Å². The lowest BCUT2D eigenvalue weighted by Crippen LogP contribution is -2.30. The highest BCUT2D eigenvalue weighted by Crippen LogP contribution is 2.24. The van der Waals surface area contributed by atoms with Crippen LogP contribution in [0.15, 0.2) is 107 Å². The van der Waals surface area contributed by atoms with E-state index in [0.29, 0.717) is 16.1 Å². The van der Waals surface area contributed by atoms with Crippen molar-refractivity contribution in [2.45, 2.75) is 4.90 Å². The van der Waals surface area contributed by atoms with E-state index in [4.69, 9.17) is 0 Å². The van der Waals surface area contributed by atoms with Crippen molar-refractivity contribution in [3.63, 3.8) is 0 Å². The summed E-state index contributed by atoms with van der Waals surface area (Å²) in [4.78, 5) is 39.7. The van der Waals surface area contributed by atoms with Crippen molar-refractivity contribution < 1.29 is 18.8 Å². The molecule has 4 aromatic rings. The van der Waals surface area contributed by atoms with Gasteiger partial charge in [-0.25, -0.2) is 4.39 Å². The van der Waals surface area contributed by atoms with Gasteiger partial charge in [0.25, 0.3) is 11.8 Å². The first-order chi connectivity index (χ1) is 17.5. The Morgan fingerprint density at radius 3 is 2.42 bits per heavy atom. The molecule has 5 nitrogen and oxygen atoms in total. The fourth-order valence-corrected chi connectivity index (χ4v) is 4.80. The van der Waals surface area contributed by atoms with Gasteiger partial charge in [-0.3, -0.25) is 14.4 Å². The average molecular weight is 517 g/mol. The Morgan fingerprint density at radius 2 is 1.67 bits per heavy atom. The molecular formula is C28H21FN2O3S2. The molecule has 8 heteroatoms. The lowest BCUT2D eigenvalue weighted by Gasteiger charge is -2.12. The molecule has 0 unspecified atom stereocenters. The first kappa shape index (κ1) is 25.1. The van der Waals surface area contributed by atoms with Gasteiger partial charge in [-0.1, -0.05) is 48.5 Å². The number of amides is 2. The van der Waals surface area contributed by atoms with Gasteiger partial charge in [0.2, 0.25) is 0 Å². The number of benzene rings is 3. The second-order valence-electron chi connectivity index (χ2n) is 7.57. The van der Waals surface area contributed by atoms with Gasteiger partial charge < -0.3 is 10.6 Å². The Kier molecular flexibility index (Phi) is 8.44. The van der Waals surface area contributed by atoms with Crippen LogP contribution in [0, 0.1) is 5.82 Å². The van der Waals surface area contributed by atoms with Gasteiger partial charge >= 0.3 is 0 Å². The third-order valence-corrected chi connectivity index (χ3v) is 6.90. The fraction of sp³-hybridized carbons (Fsp3) is 0.0357. The van der Waals surface area contributed by atoms with Crippen LogP contribution in [0.1, 0.15) is 25.6 Å². The second kappa shape index (κ2) is 12.1. The number of thioether (sulfide) groups is 1. The van der Waals surface area contributed by atoms with E-state index in [1.807, 2.05) is 17.5 Å². The van der Waals surface area contributed by atoms with Gasteiger partial charge in [-0.2, -0.15) is 0 Å². The highest BCUT2D eigenvalue weighted by Gasteiger charge is 2.16. The Hall–Kier alpha value is -4.01. The predicted octanol–water partition coefficient (Wildman–Crippen LogP) is 6.27. The molecule has 2 amide bonds. The summed E-state index contributed by atoms with van der Waals surface area (Å²) in [5.41, 5.74) is 0.882. The van der Waals surface area contributed by atoms with E-state index in [-0.39, 0.29) is 22.8 Å². The minimum atomic E-state index is -0.612. The molecule has 0 bridgehead atoms. The SMILES string of the molecule is O=C(Nc1cccc(SCC(=O)c2cccs2)c1)/C(=C/c1ccccc1F)NC(=O)c1ccccc1. The molecule has 4 rings (SSSR count). The summed E-state index contributed by atoms with van der Waals surface area (Å²) < 4.78 is 14.3. The lowest BCUT2D eigenvalue weighted by molar-refractivity contribution is -0.113. The molecule has 0 saturated carbocycles. The number of hydrogen-bond donors (Lipinski definition) is 2. The standard InChI is InChI=1S/C28H21FN2O3S2/c29-23-13-5-4-10-20(23)16-24(31-27(33)19-8-2-1-3-9-19)28(34)30-21-11-6-12-22(17-21)36-18-25(32)26-14-7-15-35-26/h1-17H,18H2,(H,30,34)(H,31,33)/b24-16-. The number of hydrogen-bond acceptors (Lipinski definition) is 5. The van der Waals surface area contributed by atoms with Crippen LogP contribution in [-0.2, 0) is 4.79 Å². The fourth-order valence-electron chi connectivity index (χ4n) is 3.21. The number of carbonyl (C=O) groups excluding carboxylic acids is 3. The van der Waals surface area contributed by atoms with Crippen LogP contribution in [0.4, 0.5) is 10.1 Å². The molecule has 0 aliphatic carbocycles. The van der Waals surface area contributed by atoms with Gasteiger partial charge in [-0.15, -0.1) is 23.1 Å². The van der Waals surface area contributed by atoms with Crippen molar-refractivity contribution in [3.05, 3.63) is 124 Å². The molecular weight excluding hydrogens is 495 g/mol. The van der Waals surface area contributed by atoms with E-state index < -0.39 is 17.6 Å². The van der Waals surface area contributed by atoms with E-state index in [9.17, 15) is 18.8 Å². The van der Waals surface area contributed by atoms with E-state index in [2.05, 4.69) is 10.6 Å². The van der Waals surface area contributed by atoms with Crippen molar-refractivity contribution in [2.75, 3.05) is 11.1 Å². The van der Waals surface area contributed by atoms with Gasteiger partial charge in [0, 0.05) is 21.7 Å². The van der Waals surface area contributed by atoms with E-state index in [1.54, 1.807) is 66.7 Å². The monoisotopic (exact) mass is 516 g/mol. The van der Waals surface area contributed by atoms with E-state index in [1.165, 1.54) is 41.3 Å². The van der Waals surface area contributed by atoms with Crippen LogP contribution in [-0.4, -0.2) is 23.4 Å². The molecule has 0 spiro atoms. The maximum Gasteiger partial charge on any atom is 0.272 e. The van der Waals surface area contributed by atoms with Gasteiger partial charge in [0.1, 0.15) is 11.5 Å². The number of Topliss-reactive ketones (excluding diaryl/α,β-unsaturated/α-hetero) is 1. The summed E-state index contributed by atoms with van der Waals surface area (Å²) in [6.07, 6.45) is 1.30. The lowest BCUT2D eigenvalue weighted by atomic mass is 10.1. The Balaban J connectivity index is 1.51. The zero-order valence-electron chi connectivity index (χ0n) is 18.9. The number of anilines is 1. The summed E-state index contributed by atoms with van der Waals surface area (Å²) in [5.74, 6) is -1.33. The van der Waals surface area contributed by atoms with Crippen molar-refractivity contribution in [2.24, 2.45) is 0 Å². The first-order valence-electron chi connectivity index (χ1n) is 10.9. The first-order valence-corrected chi connectivity index (χ1v) is 12.8. The average Bonchev–Trinajstić information content (AvgIpc) is 3.44. The zero-order valence-corrected chi connectivity index (χ0v) is 20.6. The van der Waals surface area contributed by atoms with Crippen molar-refractivity contribution in [1.82, 2.24) is 5.32 Å². The summed E-state index contributed by atoms with van der Waals surface area (Å²) in [6, 6.07) is 25.1. The highest BCUT2D eigenvalue weighted by atomic mass is 32.2. The minimum absolute atomic E-state index is 0.0307.